The molecule has 2 unspecified atom stereocenters. The van der Waals surface area contributed by atoms with Crippen LogP contribution in [0.3, 0.4) is 0 Å². The zero-order chi connectivity index (χ0) is 27.9. The Balaban J connectivity index is 2.25. The number of alkyl halides is 6. The zero-order valence-corrected chi connectivity index (χ0v) is 20.2. The number of benzene rings is 2. The second-order valence-electron chi connectivity index (χ2n) is 9.04. The Labute approximate surface area is 208 Å². The molecule has 0 fully saturated rings. The molecule has 5 nitrogen and oxygen atoms in total. The first-order chi connectivity index (χ1) is 17.0. The normalized spacial score (nSPS) is 18.9. The molecule has 202 valence electrons. The van der Waals surface area contributed by atoms with Crippen LogP contribution in [0.15, 0.2) is 36.4 Å². The van der Waals surface area contributed by atoms with E-state index in [-0.39, 0.29) is 23.7 Å². The Bertz CT molecular complexity index is 1140. The number of esters is 1. The molecule has 1 amide bonds. The quantitative estimate of drug-likeness (QED) is 0.311. The highest BCUT2D eigenvalue weighted by atomic mass is 19.4. The number of fused-ring (bicyclic) bond motifs is 1. The minimum Gasteiger partial charge on any atom is -0.469 e. The molecule has 1 aliphatic heterocycles. The summed E-state index contributed by atoms with van der Waals surface area (Å²) in [6.07, 6.45) is -11.7. The number of carbonyl (C=O) groups is 2. The summed E-state index contributed by atoms with van der Waals surface area (Å²) in [5.41, 5.74) is -3.64. The van der Waals surface area contributed by atoms with Crippen LogP contribution in [-0.2, 0) is 26.6 Å². The van der Waals surface area contributed by atoms with Crippen molar-refractivity contribution in [1.82, 2.24) is 0 Å². The van der Waals surface area contributed by atoms with Crippen molar-refractivity contribution in [3.8, 4) is 0 Å². The van der Waals surface area contributed by atoms with Gasteiger partial charge in [0.25, 0.3) is 0 Å². The van der Waals surface area contributed by atoms with E-state index in [2.05, 4.69) is 0 Å². The van der Waals surface area contributed by atoms with Crippen molar-refractivity contribution in [3.05, 3.63) is 64.5 Å². The highest BCUT2D eigenvalue weighted by Crippen LogP contribution is 2.48. The van der Waals surface area contributed by atoms with Gasteiger partial charge in [0.15, 0.2) is 0 Å². The molecular weight excluding hydrogens is 511 g/mol. The second kappa shape index (κ2) is 10.2. The average Bonchev–Trinajstić information content (AvgIpc) is 2.77. The van der Waals surface area contributed by atoms with Gasteiger partial charge < -0.3 is 9.47 Å². The summed E-state index contributed by atoms with van der Waals surface area (Å²) >= 11 is 0. The molecule has 0 spiro atoms. The lowest BCUT2D eigenvalue weighted by Gasteiger charge is -2.41. The van der Waals surface area contributed by atoms with Crippen LogP contribution in [0, 0.1) is 5.82 Å². The molecule has 12 heteroatoms. The molecule has 3 atom stereocenters. The van der Waals surface area contributed by atoms with Gasteiger partial charge in [-0.05, 0) is 74.7 Å². The van der Waals surface area contributed by atoms with Crippen LogP contribution in [-0.4, -0.2) is 31.3 Å². The maximum absolute atomic E-state index is 14.3. The van der Waals surface area contributed by atoms with Crippen LogP contribution in [0.2, 0.25) is 0 Å². The van der Waals surface area contributed by atoms with Crippen LogP contribution >= 0.6 is 0 Å². The summed E-state index contributed by atoms with van der Waals surface area (Å²) < 4.78 is 106. The van der Waals surface area contributed by atoms with Gasteiger partial charge in [0.1, 0.15) is 5.82 Å². The van der Waals surface area contributed by atoms with E-state index in [1.165, 1.54) is 11.0 Å². The molecule has 37 heavy (non-hydrogen) atoms. The van der Waals surface area contributed by atoms with Gasteiger partial charge in [-0.25, -0.2) is 9.18 Å². The fraction of sp³-hybridized carbons (Fsp3) is 0.440. The van der Waals surface area contributed by atoms with Gasteiger partial charge in [0.2, 0.25) is 0 Å². The van der Waals surface area contributed by atoms with Gasteiger partial charge in [0, 0.05) is 12.0 Å². The molecule has 0 aliphatic carbocycles. The van der Waals surface area contributed by atoms with Crippen LogP contribution < -0.4 is 4.90 Å². The Morgan fingerprint density at radius 1 is 0.973 bits per heavy atom. The van der Waals surface area contributed by atoms with E-state index >= 15 is 0 Å². The van der Waals surface area contributed by atoms with Gasteiger partial charge in [-0.3, -0.25) is 9.69 Å². The molecule has 2 aromatic carbocycles. The number of ether oxygens (including phenoxy) is 2. The van der Waals surface area contributed by atoms with E-state index in [1.807, 2.05) is 0 Å². The minimum absolute atomic E-state index is 0.0418. The number of rotatable bonds is 4. The summed E-state index contributed by atoms with van der Waals surface area (Å²) in [5.74, 6) is -4.68. The standard InChI is InChI=1S/C25H24F7NO4/c1-12(2)37-23(35)33-13(3)7-19(18-11-17(26)5-6-20(18)33)21(22(34)36-4)14-8-15(24(27,28)29)10-16(9-14)25(30,31)32/h5-6,8-13,19,21H,7H2,1-4H3/t13?,19-,21?/m0/s1. The van der Waals surface area contributed by atoms with Crippen molar-refractivity contribution in [1.29, 1.82) is 0 Å². The fourth-order valence-corrected chi connectivity index (χ4v) is 4.55. The highest BCUT2D eigenvalue weighted by molar-refractivity contribution is 5.91. The highest BCUT2D eigenvalue weighted by Gasteiger charge is 2.44. The van der Waals surface area contributed by atoms with Gasteiger partial charge in [-0.2, -0.15) is 26.3 Å². The van der Waals surface area contributed by atoms with Crippen molar-refractivity contribution < 1.29 is 49.8 Å². The van der Waals surface area contributed by atoms with E-state index in [4.69, 9.17) is 9.47 Å². The molecular formula is C25H24F7NO4. The Morgan fingerprint density at radius 3 is 2.03 bits per heavy atom. The zero-order valence-electron chi connectivity index (χ0n) is 20.2. The number of methoxy groups -OCH3 is 1. The third kappa shape index (κ3) is 5.99. The Morgan fingerprint density at radius 2 is 1.54 bits per heavy atom. The summed E-state index contributed by atoms with van der Waals surface area (Å²) in [6.45, 7) is 4.79. The molecule has 0 saturated carbocycles. The predicted molar refractivity (Wildman–Crippen MR) is 119 cm³/mol. The average molecular weight is 535 g/mol. The van der Waals surface area contributed by atoms with Gasteiger partial charge >= 0.3 is 24.4 Å². The smallest absolute Gasteiger partial charge is 0.416 e. The molecule has 0 radical (unpaired) electrons. The number of carbonyl (C=O) groups excluding carboxylic acids is 2. The SMILES string of the molecule is COC(=O)C(c1cc(C(F)(F)F)cc(C(F)(F)F)c1)[C@H]1CC(C)N(C(=O)OC(C)C)c2ccc(F)cc21. The molecule has 3 rings (SSSR count). The van der Waals surface area contributed by atoms with E-state index < -0.39 is 70.9 Å². The van der Waals surface area contributed by atoms with E-state index in [1.54, 1.807) is 20.8 Å². The van der Waals surface area contributed by atoms with Crippen LogP contribution in [0.4, 0.5) is 41.2 Å². The van der Waals surface area contributed by atoms with Crippen molar-refractivity contribution in [2.24, 2.45) is 0 Å². The number of hydrogen-bond acceptors (Lipinski definition) is 4. The summed E-state index contributed by atoms with van der Waals surface area (Å²) in [6, 6.07) is 3.45. The van der Waals surface area contributed by atoms with Crippen molar-refractivity contribution in [3.63, 3.8) is 0 Å². The molecule has 0 N–H and O–H groups in total. The predicted octanol–water partition coefficient (Wildman–Crippen LogP) is 7.05. The van der Waals surface area contributed by atoms with Crippen molar-refractivity contribution in [2.75, 3.05) is 12.0 Å². The lowest BCUT2D eigenvalue weighted by molar-refractivity contribution is -0.145. The Kier molecular flexibility index (Phi) is 7.80. The number of halogens is 7. The van der Waals surface area contributed by atoms with E-state index in [9.17, 15) is 40.3 Å². The van der Waals surface area contributed by atoms with Crippen LogP contribution in [0.25, 0.3) is 0 Å². The largest absolute Gasteiger partial charge is 0.469 e. The molecule has 0 aromatic heterocycles. The van der Waals surface area contributed by atoms with Gasteiger partial charge in [-0.15, -0.1) is 0 Å². The lowest BCUT2D eigenvalue weighted by atomic mass is 9.74. The molecule has 0 bridgehead atoms. The first kappa shape index (κ1) is 28.3. The number of hydrogen-bond donors (Lipinski definition) is 0. The first-order valence-electron chi connectivity index (χ1n) is 11.2. The van der Waals surface area contributed by atoms with E-state index in [0.717, 1.165) is 19.2 Å². The van der Waals surface area contributed by atoms with Crippen LogP contribution in [0.1, 0.15) is 61.3 Å². The van der Waals surface area contributed by atoms with Crippen molar-refractivity contribution >= 4 is 17.7 Å². The Hall–Kier alpha value is -3.31. The maximum Gasteiger partial charge on any atom is 0.416 e. The minimum atomic E-state index is -5.14. The number of anilines is 1. The summed E-state index contributed by atoms with van der Waals surface area (Å²) in [5, 5.41) is 0. The topological polar surface area (TPSA) is 55.8 Å². The van der Waals surface area contributed by atoms with Crippen molar-refractivity contribution in [2.45, 2.75) is 63.5 Å². The first-order valence-corrected chi connectivity index (χ1v) is 11.2. The molecule has 0 saturated heterocycles. The molecule has 2 aromatic rings. The summed E-state index contributed by atoms with van der Waals surface area (Å²) in [7, 11) is 0.943. The summed E-state index contributed by atoms with van der Waals surface area (Å²) in [4.78, 5) is 26.9. The maximum atomic E-state index is 14.3. The third-order valence-electron chi connectivity index (χ3n) is 6.04. The second-order valence-corrected chi connectivity index (χ2v) is 9.04. The monoisotopic (exact) mass is 535 g/mol. The lowest BCUT2D eigenvalue weighted by Crippen LogP contribution is -2.45. The molecule has 1 aliphatic rings. The van der Waals surface area contributed by atoms with E-state index in [0.29, 0.717) is 12.1 Å². The fourth-order valence-electron chi connectivity index (χ4n) is 4.55. The molecule has 1 heterocycles. The van der Waals surface area contributed by atoms with Crippen LogP contribution in [0.5, 0.6) is 0 Å². The number of amides is 1. The number of nitrogens with zero attached hydrogens (tertiary/aromatic N) is 1. The third-order valence-corrected chi connectivity index (χ3v) is 6.04. The van der Waals surface area contributed by atoms with Gasteiger partial charge in [0.05, 0.1) is 35.9 Å². The van der Waals surface area contributed by atoms with Gasteiger partial charge in [-0.1, -0.05) is 0 Å².